The Morgan fingerprint density at radius 3 is 2.48 bits per heavy atom. The van der Waals surface area contributed by atoms with E-state index in [2.05, 4.69) is 22.3 Å². The summed E-state index contributed by atoms with van der Waals surface area (Å²) in [5.41, 5.74) is 1.50. The molecular formula is C28H40N2O3. The number of piperidine rings is 1. The first-order valence-electron chi connectivity index (χ1n) is 13.5. The summed E-state index contributed by atoms with van der Waals surface area (Å²) >= 11 is 0. The Morgan fingerprint density at radius 1 is 1.06 bits per heavy atom. The highest BCUT2D eigenvalue weighted by atomic mass is 16.3. The lowest BCUT2D eigenvalue weighted by Gasteiger charge is -2.36. The summed E-state index contributed by atoms with van der Waals surface area (Å²) in [6.45, 7) is 1.64. The number of carbonyl (C=O) groups excluding carboxylic acids is 1. The summed E-state index contributed by atoms with van der Waals surface area (Å²) in [5.74, 6) is 1.35. The number of aliphatic hydroxyl groups is 2. The van der Waals surface area contributed by atoms with Gasteiger partial charge in [0, 0.05) is 48.0 Å². The fourth-order valence-corrected chi connectivity index (χ4v) is 8.54. The van der Waals surface area contributed by atoms with Gasteiger partial charge in [-0.2, -0.15) is 0 Å². The number of hydrogen-bond donors (Lipinski definition) is 3. The molecule has 5 fully saturated rings. The summed E-state index contributed by atoms with van der Waals surface area (Å²) in [5, 5.41) is 26.1. The average Bonchev–Trinajstić information content (AvgIpc) is 3.35. The van der Waals surface area contributed by atoms with Gasteiger partial charge in [0.1, 0.15) is 12.0 Å². The molecule has 1 aromatic carbocycles. The number of fused-ring (bicyclic) bond motifs is 1. The van der Waals surface area contributed by atoms with Crippen molar-refractivity contribution >= 4 is 6.29 Å². The Hall–Kier alpha value is -1.27. The molecule has 5 heteroatoms. The van der Waals surface area contributed by atoms with Crippen molar-refractivity contribution < 1.29 is 15.0 Å². The third kappa shape index (κ3) is 3.62. The molecule has 3 N–H and O–H groups in total. The van der Waals surface area contributed by atoms with Crippen molar-refractivity contribution in [1.29, 1.82) is 0 Å². The van der Waals surface area contributed by atoms with Crippen molar-refractivity contribution in [2.75, 3.05) is 13.1 Å². The van der Waals surface area contributed by atoms with Crippen LogP contribution >= 0.6 is 0 Å². The topological polar surface area (TPSA) is 72.6 Å². The molecule has 0 amide bonds. The average molecular weight is 453 g/mol. The van der Waals surface area contributed by atoms with E-state index in [1.807, 2.05) is 12.1 Å². The second-order valence-corrected chi connectivity index (χ2v) is 11.9. The Bertz CT molecular complexity index is 860. The van der Waals surface area contributed by atoms with Gasteiger partial charge in [0.05, 0.1) is 6.10 Å². The van der Waals surface area contributed by atoms with Gasteiger partial charge in [-0.3, -0.25) is 9.69 Å². The predicted octanol–water partition coefficient (Wildman–Crippen LogP) is 3.84. The molecule has 33 heavy (non-hydrogen) atoms. The molecular weight excluding hydrogens is 412 g/mol. The van der Waals surface area contributed by atoms with Crippen molar-refractivity contribution in [2.24, 2.45) is 17.3 Å². The number of nitrogens with zero attached hydrogens (tertiary/aromatic N) is 1. The van der Waals surface area contributed by atoms with E-state index in [4.69, 9.17) is 0 Å². The van der Waals surface area contributed by atoms with E-state index >= 15 is 0 Å². The van der Waals surface area contributed by atoms with Crippen LogP contribution in [0, 0.1) is 17.3 Å². The highest BCUT2D eigenvalue weighted by Gasteiger charge is 2.66. The molecule has 6 rings (SSSR count). The number of nitrogens with one attached hydrogen (secondary N) is 1. The smallest absolute Gasteiger partial charge is 0.150 e. The predicted molar refractivity (Wildman–Crippen MR) is 128 cm³/mol. The summed E-state index contributed by atoms with van der Waals surface area (Å²) in [6, 6.07) is 9.00. The molecule has 7 atom stereocenters. The van der Waals surface area contributed by atoms with E-state index in [0.29, 0.717) is 23.9 Å². The molecule has 5 aliphatic rings. The first kappa shape index (κ1) is 22.2. The van der Waals surface area contributed by atoms with E-state index in [-0.39, 0.29) is 17.4 Å². The molecule has 7 unspecified atom stereocenters. The largest absolute Gasteiger partial charge is 0.392 e. The zero-order valence-corrected chi connectivity index (χ0v) is 19.8. The molecule has 0 aromatic heterocycles. The van der Waals surface area contributed by atoms with Gasteiger partial charge in [0.25, 0.3) is 0 Å². The molecule has 180 valence electrons. The third-order valence-electron chi connectivity index (χ3n) is 10.4. The standard InChI is InChI=1S/C28H40N2O3/c31-17-19-7-9-21(10-8-19)26(20-5-1-2-6-20)23-15-22(28(33)18-30(23)28)16-29-24-11-12-25(32)27(24)13-3-4-14-27/h7-10,17,20,22-26,29,32-33H,1-6,11-16,18H2. The number of hydrogen-bond acceptors (Lipinski definition) is 5. The molecule has 2 aliphatic heterocycles. The van der Waals surface area contributed by atoms with Crippen LogP contribution in [0.4, 0.5) is 0 Å². The lowest BCUT2D eigenvalue weighted by atomic mass is 9.76. The second kappa shape index (κ2) is 8.44. The van der Waals surface area contributed by atoms with Crippen LogP contribution in [0.15, 0.2) is 24.3 Å². The number of carbonyl (C=O) groups is 1. The van der Waals surface area contributed by atoms with Crippen molar-refractivity contribution in [2.45, 2.75) is 100 Å². The molecule has 0 bridgehead atoms. The van der Waals surface area contributed by atoms with Gasteiger partial charge in [0.2, 0.25) is 0 Å². The molecule has 2 saturated heterocycles. The molecule has 1 aromatic rings. The van der Waals surface area contributed by atoms with E-state index in [1.54, 1.807) is 0 Å². The molecule has 2 heterocycles. The first-order valence-corrected chi connectivity index (χ1v) is 13.5. The first-order chi connectivity index (χ1) is 16.0. The highest BCUT2D eigenvalue weighted by Crippen LogP contribution is 2.56. The monoisotopic (exact) mass is 452 g/mol. The van der Waals surface area contributed by atoms with E-state index < -0.39 is 5.72 Å². The van der Waals surface area contributed by atoms with Gasteiger partial charge in [-0.05, 0) is 56.4 Å². The minimum Gasteiger partial charge on any atom is -0.392 e. The summed E-state index contributed by atoms with van der Waals surface area (Å²) in [6.07, 6.45) is 13.7. The van der Waals surface area contributed by atoms with Crippen LogP contribution in [0.2, 0.25) is 0 Å². The minimum absolute atomic E-state index is 0.0799. The van der Waals surface area contributed by atoms with Gasteiger partial charge in [-0.25, -0.2) is 0 Å². The SMILES string of the molecule is O=Cc1ccc(C(C2CCCC2)C2CC(CNC3CCC(O)C34CCCC4)C3(O)CN23)cc1. The Morgan fingerprint density at radius 2 is 1.79 bits per heavy atom. The zero-order chi connectivity index (χ0) is 22.6. The van der Waals surface area contributed by atoms with Crippen molar-refractivity contribution in [3.8, 4) is 0 Å². The lowest BCUT2D eigenvalue weighted by Crippen LogP contribution is -2.47. The van der Waals surface area contributed by atoms with E-state index in [1.165, 1.54) is 44.1 Å². The van der Waals surface area contributed by atoms with E-state index in [9.17, 15) is 15.0 Å². The number of benzene rings is 1. The molecule has 3 saturated carbocycles. The van der Waals surface area contributed by atoms with Crippen LogP contribution in [0.25, 0.3) is 0 Å². The van der Waals surface area contributed by atoms with Gasteiger partial charge in [-0.1, -0.05) is 49.9 Å². The fraction of sp³-hybridized carbons (Fsp3) is 0.750. The van der Waals surface area contributed by atoms with Crippen LogP contribution < -0.4 is 5.32 Å². The van der Waals surface area contributed by atoms with Crippen LogP contribution in [0.3, 0.4) is 0 Å². The van der Waals surface area contributed by atoms with Crippen molar-refractivity contribution in [3.05, 3.63) is 35.4 Å². The maximum absolute atomic E-state index is 11.5. The van der Waals surface area contributed by atoms with Gasteiger partial charge >= 0.3 is 0 Å². The fourth-order valence-electron chi connectivity index (χ4n) is 8.54. The minimum atomic E-state index is -0.655. The molecule has 3 aliphatic carbocycles. The van der Waals surface area contributed by atoms with Crippen LogP contribution in [-0.4, -0.2) is 58.4 Å². The Kier molecular flexibility index (Phi) is 5.68. The number of rotatable bonds is 7. The van der Waals surface area contributed by atoms with Gasteiger partial charge in [0.15, 0.2) is 0 Å². The number of aldehydes is 1. The summed E-state index contributed by atoms with van der Waals surface area (Å²) in [4.78, 5) is 13.5. The molecule has 1 spiro atoms. The molecule has 5 nitrogen and oxygen atoms in total. The summed E-state index contributed by atoms with van der Waals surface area (Å²) in [7, 11) is 0. The Balaban J connectivity index is 1.19. The van der Waals surface area contributed by atoms with Crippen molar-refractivity contribution in [3.63, 3.8) is 0 Å². The van der Waals surface area contributed by atoms with Crippen LogP contribution in [0.5, 0.6) is 0 Å². The maximum atomic E-state index is 11.5. The van der Waals surface area contributed by atoms with E-state index in [0.717, 1.165) is 57.0 Å². The second-order valence-electron chi connectivity index (χ2n) is 11.9. The normalized spacial score (nSPS) is 40.4. The zero-order valence-electron chi connectivity index (χ0n) is 19.8. The maximum Gasteiger partial charge on any atom is 0.150 e. The van der Waals surface area contributed by atoms with Crippen LogP contribution in [-0.2, 0) is 0 Å². The van der Waals surface area contributed by atoms with Gasteiger partial charge < -0.3 is 15.5 Å². The molecule has 0 radical (unpaired) electrons. The van der Waals surface area contributed by atoms with Gasteiger partial charge in [-0.15, -0.1) is 0 Å². The highest BCUT2D eigenvalue weighted by molar-refractivity contribution is 5.74. The van der Waals surface area contributed by atoms with Crippen LogP contribution in [0.1, 0.15) is 92.5 Å². The Labute approximate surface area is 197 Å². The quantitative estimate of drug-likeness (QED) is 0.433. The summed E-state index contributed by atoms with van der Waals surface area (Å²) < 4.78 is 0. The third-order valence-corrected chi connectivity index (χ3v) is 10.4. The number of aliphatic hydroxyl groups excluding tert-OH is 1. The van der Waals surface area contributed by atoms with Crippen molar-refractivity contribution in [1.82, 2.24) is 10.2 Å². The lowest BCUT2D eigenvalue weighted by molar-refractivity contribution is 0.0328.